The average Bonchev–Trinajstić information content (AvgIpc) is 2.37. The van der Waals surface area contributed by atoms with Crippen molar-refractivity contribution < 1.29 is 78.5 Å². The van der Waals surface area contributed by atoms with E-state index < -0.39 is 23.2 Å². The van der Waals surface area contributed by atoms with Crippen LogP contribution in [0.15, 0.2) is 30.5 Å². The van der Waals surface area contributed by atoms with Crippen LogP contribution < -0.4 is 74.6 Å². The summed E-state index contributed by atoms with van der Waals surface area (Å²) in [7, 11) is 0. The maximum Gasteiger partial charge on any atom is 1.00 e. The fraction of sp³-hybridized carbons (Fsp3) is 0.0833. The molecule has 2 rings (SSSR count). The summed E-state index contributed by atoms with van der Waals surface area (Å²) in [5.74, 6) is -3.06. The summed E-state index contributed by atoms with van der Waals surface area (Å²) in [4.78, 5) is 17.6. The Labute approximate surface area is 164 Å². The van der Waals surface area contributed by atoms with Crippen LogP contribution in [-0.2, 0) is 6.54 Å². The van der Waals surface area contributed by atoms with Gasteiger partial charge >= 0.3 is 59.1 Å². The van der Waals surface area contributed by atoms with E-state index in [-0.39, 0.29) is 71.6 Å². The minimum Gasteiger partial charge on any atom is -0.858 e. The summed E-state index contributed by atoms with van der Waals surface area (Å²) in [6.45, 7) is 0.0801. The van der Waals surface area contributed by atoms with Crippen molar-refractivity contribution in [3.63, 3.8) is 0 Å². The van der Waals surface area contributed by atoms with Gasteiger partial charge in [-0.2, -0.15) is 0 Å². The number of aromatic nitrogens is 2. The Hall–Kier alpha value is -0.700. The summed E-state index contributed by atoms with van der Waals surface area (Å²) in [6, 6.07) is 6.09. The number of aromatic carboxylic acids is 1. The van der Waals surface area contributed by atoms with Crippen LogP contribution in [0.25, 0.3) is 0 Å². The van der Waals surface area contributed by atoms with Gasteiger partial charge in [0.15, 0.2) is 0 Å². The molecule has 0 amide bonds. The molecule has 2 aromatic rings. The van der Waals surface area contributed by atoms with Gasteiger partial charge in [-0.25, -0.2) is 14.4 Å². The molecule has 0 atom stereocenters. The number of carboxylic acid groups (broad SMARTS) is 1. The molecule has 98 valence electrons. The number of carbonyl (C=O) groups is 1. The normalized spacial score (nSPS) is 9.19. The first-order chi connectivity index (χ1) is 9.08. The standard InChI is InChI=1S/C12H10FN3O3.2Na/c13-9-4-2-1-3-7(9)5-14-12-15-6-8(11(18)19)10(17)16-12;;/h1-4,6H,5H2,(H,18,19)(H2,14,15,16,17);;/q;2*+1/p-2. The molecule has 0 saturated heterocycles. The number of hydrogen-bond acceptors (Lipinski definition) is 6. The summed E-state index contributed by atoms with van der Waals surface area (Å²) >= 11 is 0. The second-order valence-corrected chi connectivity index (χ2v) is 3.64. The Morgan fingerprint density at radius 2 is 1.95 bits per heavy atom. The molecule has 9 heteroatoms. The molecule has 0 bridgehead atoms. The third-order valence-electron chi connectivity index (χ3n) is 2.37. The topological polar surface area (TPSA) is 101 Å². The van der Waals surface area contributed by atoms with E-state index in [9.17, 15) is 19.4 Å². The van der Waals surface area contributed by atoms with Gasteiger partial charge in [-0.3, -0.25) is 0 Å². The first-order valence-corrected chi connectivity index (χ1v) is 5.30. The number of anilines is 1. The number of rotatable bonds is 4. The van der Waals surface area contributed by atoms with E-state index in [0.29, 0.717) is 5.56 Å². The molecule has 6 nitrogen and oxygen atoms in total. The van der Waals surface area contributed by atoms with Gasteiger partial charge in [0.25, 0.3) is 0 Å². The van der Waals surface area contributed by atoms with E-state index in [2.05, 4.69) is 15.3 Å². The number of carboxylic acids is 1. The zero-order chi connectivity index (χ0) is 13.8. The number of halogens is 1. The molecule has 1 heterocycles. The van der Waals surface area contributed by atoms with E-state index in [0.717, 1.165) is 6.20 Å². The van der Waals surface area contributed by atoms with E-state index in [1.165, 1.54) is 6.07 Å². The number of carbonyl (C=O) groups excluding carboxylic acids is 1. The molecule has 0 saturated carbocycles. The molecular formula is C12H8FN3Na2O3. The SMILES string of the molecule is O=C([O-])c1cnc(NCc2ccccc2F)nc1[O-].[Na+].[Na+]. The molecule has 0 aliphatic heterocycles. The molecule has 1 aromatic carbocycles. The van der Waals surface area contributed by atoms with Crippen molar-refractivity contribution in [1.29, 1.82) is 0 Å². The number of benzene rings is 1. The van der Waals surface area contributed by atoms with Gasteiger partial charge in [-0.1, -0.05) is 18.2 Å². The maximum atomic E-state index is 13.3. The van der Waals surface area contributed by atoms with Gasteiger partial charge in [0, 0.05) is 29.7 Å². The number of nitrogens with zero attached hydrogens (tertiary/aromatic N) is 2. The van der Waals surface area contributed by atoms with Gasteiger partial charge < -0.3 is 20.3 Å². The quantitative estimate of drug-likeness (QED) is 0.564. The van der Waals surface area contributed by atoms with E-state index in [1.54, 1.807) is 18.2 Å². The molecule has 0 aliphatic carbocycles. The Balaban J connectivity index is 0.00000200. The largest absolute Gasteiger partial charge is 1.00 e. The van der Waals surface area contributed by atoms with Crippen molar-refractivity contribution in [2.45, 2.75) is 6.54 Å². The monoisotopic (exact) mass is 307 g/mol. The van der Waals surface area contributed by atoms with Crippen molar-refractivity contribution in [3.8, 4) is 5.88 Å². The van der Waals surface area contributed by atoms with Gasteiger partial charge in [-0.05, 0) is 6.07 Å². The van der Waals surface area contributed by atoms with Crippen molar-refractivity contribution in [2.24, 2.45) is 0 Å². The van der Waals surface area contributed by atoms with Crippen LogP contribution in [0.3, 0.4) is 0 Å². The molecule has 0 aliphatic rings. The molecule has 21 heavy (non-hydrogen) atoms. The van der Waals surface area contributed by atoms with Crippen LogP contribution in [0.2, 0.25) is 0 Å². The summed E-state index contributed by atoms with van der Waals surface area (Å²) < 4.78 is 13.3. The Kier molecular flexibility index (Phi) is 9.03. The van der Waals surface area contributed by atoms with Crippen LogP contribution in [0, 0.1) is 5.82 Å². The van der Waals surface area contributed by atoms with Crippen LogP contribution in [-0.4, -0.2) is 15.9 Å². The van der Waals surface area contributed by atoms with Crippen molar-refractivity contribution in [1.82, 2.24) is 9.97 Å². The molecule has 1 N–H and O–H groups in total. The molecule has 1 aromatic heterocycles. The fourth-order valence-corrected chi connectivity index (χ4v) is 1.41. The summed E-state index contributed by atoms with van der Waals surface area (Å²) in [5.41, 5.74) is -0.237. The Morgan fingerprint density at radius 3 is 2.52 bits per heavy atom. The van der Waals surface area contributed by atoms with Gasteiger partial charge in [0.1, 0.15) is 5.82 Å². The minimum atomic E-state index is -1.63. The second kappa shape index (κ2) is 9.34. The van der Waals surface area contributed by atoms with Crippen molar-refractivity contribution in [2.75, 3.05) is 5.32 Å². The summed E-state index contributed by atoms with van der Waals surface area (Å²) in [6.07, 6.45) is 0.856. The van der Waals surface area contributed by atoms with Gasteiger partial charge in [0.05, 0.1) is 5.97 Å². The smallest absolute Gasteiger partial charge is 0.858 e. The predicted octanol–water partition coefficient (Wildman–Crippen LogP) is -6.33. The zero-order valence-electron chi connectivity index (χ0n) is 11.6. The molecule has 0 radical (unpaired) electrons. The molecular weight excluding hydrogens is 299 g/mol. The zero-order valence-corrected chi connectivity index (χ0v) is 15.6. The Morgan fingerprint density at radius 1 is 1.29 bits per heavy atom. The Bertz CT molecular complexity index is 628. The van der Waals surface area contributed by atoms with Gasteiger partial charge in [0.2, 0.25) is 5.95 Å². The number of hydrogen-bond donors (Lipinski definition) is 1. The van der Waals surface area contributed by atoms with Crippen molar-refractivity contribution >= 4 is 11.9 Å². The van der Waals surface area contributed by atoms with Crippen LogP contribution in [0.1, 0.15) is 15.9 Å². The van der Waals surface area contributed by atoms with Crippen LogP contribution >= 0.6 is 0 Å². The molecule has 0 spiro atoms. The van der Waals surface area contributed by atoms with Crippen LogP contribution in [0.5, 0.6) is 5.88 Å². The summed E-state index contributed by atoms with van der Waals surface area (Å²) in [5, 5.41) is 24.4. The predicted molar refractivity (Wildman–Crippen MR) is 59.5 cm³/mol. The number of nitrogens with one attached hydrogen (secondary N) is 1. The second-order valence-electron chi connectivity index (χ2n) is 3.64. The maximum absolute atomic E-state index is 13.3. The van der Waals surface area contributed by atoms with E-state index >= 15 is 0 Å². The fourth-order valence-electron chi connectivity index (χ4n) is 1.41. The van der Waals surface area contributed by atoms with E-state index in [4.69, 9.17) is 0 Å². The molecule has 0 fully saturated rings. The van der Waals surface area contributed by atoms with Crippen LogP contribution in [0.4, 0.5) is 10.3 Å². The van der Waals surface area contributed by atoms with Crippen molar-refractivity contribution in [3.05, 3.63) is 47.4 Å². The average molecular weight is 307 g/mol. The first kappa shape index (κ1) is 20.3. The molecule has 0 unspecified atom stereocenters. The minimum absolute atomic E-state index is 0. The van der Waals surface area contributed by atoms with E-state index in [1.807, 2.05) is 0 Å². The van der Waals surface area contributed by atoms with Gasteiger partial charge in [-0.15, -0.1) is 0 Å². The third kappa shape index (κ3) is 5.54. The third-order valence-corrected chi connectivity index (χ3v) is 2.37. The first-order valence-electron chi connectivity index (χ1n) is 5.30.